The number of nitrogens with one attached hydrogen (secondary N) is 1. The number of rotatable bonds is 3. The van der Waals surface area contributed by atoms with Gasteiger partial charge in [0.15, 0.2) is 0 Å². The van der Waals surface area contributed by atoms with Crippen LogP contribution in [0.2, 0.25) is 0 Å². The molecule has 2 rings (SSSR count). The topological polar surface area (TPSA) is 84.7 Å². The quantitative estimate of drug-likeness (QED) is 0.645. The van der Waals surface area contributed by atoms with Crippen LogP contribution in [0, 0.1) is 15.9 Å². The Hall–Kier alpha value is -2.06. The molecule has 8 heteroatoms. The van der Waals surface area contributed by atoms with Crippen LogP contribution in [0.1, 0.15) is 10.4 Å². The summed E-state index contributed by atoms with van der Waals surface area (Å²) in [4.78, 5) is 21.4. The third-order valence-electron chi connectivity index (χ3n) is 2.68. The number of hydrogen-bond acceptors (Lipinski definition) is 5. The van der Waals surface area contributed by atoms with Crippen molar-refractivity contribution in [2.24, 2.45) is 0 Å². The Balaban J connectivity index is 2.06. The summed E-state index contributed by atoms with van der Waals surface area (Å²) in [5, 5.41) is 12.1. The number of morpholine rings is 1. The number of carbonyl (C=O) groups is 1. The first kappa shape index (κ1) is 13.4. The second-order valence-corrected chi connectivity index (χ2v) is 3.96. The highest BCUT2D eigenvalue weighted by Crippen LogP contribution is 2.17. The summed E-state index contributed by atoms with van der Waals surface area (Å²) in [6.07, 6.45) is 0. The highest BCUT2D eigenvalue weighted by Gasteiger charge is 2.18. The summed E-state index contributed by atoms with van der Waals surface area (Å²) in [6, 6.07) is 3.05. The minimum atomic E-state index is -1.03. The molecule has 1 heterocycles. The Bertz CT molecular complexity index is 503. The van der Waals surface area contributed by atoms with Crippen LogP contribution < -0.4 is 5.43 Å². The van der Waals surface area contributed by atoms with E-state index in [1.54, 1.807) is 5.01 Å². The van der Waals surface area contributed by atoms with Gasteiger partial charge in [-0.2, -0.15) is 4.39 Å². The van der Waals surface area contributed by atoms with E-state index in [1.807, 2.05) is 0 Å². The average Bonchev–Trinajstić information content (AvgIpc) is 2.39. The highest BCUT2D eigenvalue weighted by atomic mass is 19.1. The SMILES string of the molecule is O=C(NN1CCOCC1)c1ccc([N+](=O)[O-])c(F)c1. The third-order valence-corrected chi connectivity index (χ3v) is 2.68. The van der Waals surface area contributed by atoms with Crippen molar-refractivity contribution < 1.29 is 18.8 Å². The minimum Gasteiger partial charge on any atom is -0.379 e. The van der Waals surface area contributed by atoms with Gasteiger partial charge in [0, 0.05) is 24.7 Å². The van der Waals surface area contributed by atoms with E-state index in [0.29, 0.717) is 26.3 Å². The average molecular weight is 269 g/mol. The number of nitrogens with zero attached hydrogens (tertiary/aromatic N) is 2. The summed E-state index contributed by atoms with van der Waals surface area (Å²) in [7, 11) is 0. The van der Waals surface area contributed by atoms with Gasteiger partial charge in [-0.15, -0.1) is 0 Å². The van der Waals surface area contributed by atoms with Crippen LogP contribution in [-0.4, -0.2) is 42.1 Å². The molecular weight excluding hydrogens is 257 g/mol. The van der Waals surface area contributed by atoms with E-state index in [9.17, 15) is 19.3 Å². The van der Waals surface area contributed by atoms with Gasteiger partial charge in [0.05, 0.1) is 18.1 Å². The van der Waals surface area contributed by atoms with E-state index < -0.39 is 22.3 Å². The van der Waals surface area contributed by atoms with Crippen molar-refractivity contribution in [3.8, 4) is 0 Å². The molecule has 1 amide bonds. The number of hydrazine groups is 1. The van der Waals surface area contributed by atoms with Gasteiger partial charge < -0.3 is 4.74 Å². The van der Waals surface area contributed by atoms with E-state index in [0.717, 1.165) is 12.1 Å². The van der Waals surface area contributed by atoms with Gasteiger partial charge in [-0.25, -0.2) is 5.01 Å². The van der Waals surface area contributed by atoms with Crippen molar-refractivity contribution in [1.29, 1.82) is 0 Å². The van der Waals surface area contributed by atoms with Crippen molar-refractivity contribution >= 4 is 11.6 Å². The molecule has 19 heavy (non-hydrogen) atoms. The van der Waals surface area contributed by atoms with Crippen LogP contribution in [0.25, 0.3) is 0 Å². The van der Waals surface area contributed by atoms with Crippen LogP contribution in [0.4, 0.5) is 10.1 Å². The van der Waals surface area contributed by atoms with Gasteiger partial charge in [0.25, 0.3) is 5.91 Å². The predicted molar refractivity (Wildman–Crippen MR) is 62.9 cm³/mol. The number of benzene rings is 1. The smallest absolute Gasteiger partial charge is 0.304 e. The molecule has 1 aliphatic heterocycles. The number of halogens is 1. The van der Waals surface area contributed by atoms with Crippen molar-refractivity contribution in [2.75, 3.05) is 26.3 Å². The van der Waals surface area contributed by atoms with Crippen LogP contribution in [0.3, 0.4) is 0 Å². The molecule has 7 nitrogen and oxygen atoms in total. The largest absolute Gasteiger partial charge is 0.379 e. The first-order valence-corrected chi connectivity index (χ1v) is 5.65. The third kappa shape index (κ3) is 3.24. The first-order valence-electron chi connectivity index (χ1n) is 5.65. The van der Waals surface area contributed by atoms with Crippen molar-refractivity contribution in [2.45, 2.75) is 0 Å². The molecule has 0 aliphatic carbocycles. The van der Waals surface area contributed by atoms with Crippen LogP contribution in [0.15, 0.2) is 18.2 Å². The lowest BCUT2D eigenvalue weighted by atomic mass is 10.2. The molecular formula is C11H12FN3O4. The lowest BCUT2D eigenvalue weighted by Crippen LogP contribution is -2.48. The Morgan fingerprint density at radius 3 is 2.68 bits per heavy atom. The molecule has 0 spiro atoms. The Kier molecular flexibility index (Phi) is 4.03. The number of nitro benzene ring substituents is 1. The van der Waals surface area contributed by atoms with E-state index in [4.69, 9.17) is 4.74 Å². The van der Waals surface area contributed by atoms with E-state index in [2.05, 4.69) is 5.43 Å². The molecule has 1 N–H and O–H groups in total. The summed E-state index contributed by atoms with van der Waals surface area (Å²) >= 11 is 0. The minimum absolute atomic E-state index is 0.0367. The van der Waals surface area contributed by atoms with Crippen LogP contribution >= 0.6 is 0 Å². The van der Waals surface area contributed by atoms with Gasteiger partial charge in [-0.1, -0.05) is 0 Å². The van der Waals surface area contributed by atoms with Crippen molar-refractivity contribution in [3.05, 3.63) is 39.7 Å². The standard InChI is InChI=1S/C11H12FN3O4/c12-9-7-8(1-2-10(9)15(17)18)11(16)13-14-3-5-19-6-4-14/h1-2,7H,3-6H2,(H,13,16). The number of carbonyl (C=O) groups excluding carboxylic acids is 1. The maximum atomic E-state index is 13.4. The van der Waals surface area contributed by atoms with Gasteiger partial charge in [-0.3, -0.25) is 20.3 Å². The summed E-state index contributed by atoms with van der Waals surface area (Å²) in [5.74, 6) is -1.53. The molecule has 1 aromatic rings. The molecule has 0 unspecified atom stereocenters. The zero-order valence-corrected chi connectivity index (χ0v) is 9.97. The molecule has 1 aromatic carbocycles. The van der Waals surface area contributed by atoms with Crippen LogP contribution in [-0.2, 0) is 4.74 Å². The first-order chi connectivity index (χ1) is 9.08. The maximum absolute atomic E-state index is 13.4. The molecule has 0 radical (unpaired) electrons. The number of amides is 1. The lowest BCUT2D eigenvalue weighted by Gasteiger charge is -2.26. The fourth-order valence-corrected chi connectivity index (χ4v) is 1.68. The van der Waals surface area contributed by atoms with E-state index in [-0.39, 0.29) is 5.56 Å². The Morgan fingerprint density at radius 2 is 2.11 bits per heavy atom. The molecule has 102 valence electrons. The summed E-state index contributed by atoms with van der Waals surface area (Å²) in [5.41, 5.74) is 1.98. The normalized spacial score (nSPS) is 16.1. The zero-order chi connectivity index (χ0) is 13.8. The fraction of sp³-hybridized carbons (Fsp3) is 0.364. The highest BCUT2D eigenvalue weighted by molar-refractivity contribution is 5.94. The molecule has 0 aromatic heterocycles. The summed E-state index contributed by atoms with van der Waals surface area (Å²) in [6.45, 7) is 2.10. The van der Waals surface area contributed by atoms with Gasteiger partial charge in [-0.05, 0) is 12.1 Å². The molecule has 0 atom stereocenters. The fourth-order valence-electron chi connectivity index (χ4n) is 1.68. The lowest BCUT2D eigenvalue weighted by molar-refractivity contribution is -0.387. The number of hydrogen-bond donors (Lipinski definition) is 1. The predicted octanol–water partition coefficient (Wildman–Crippen LogP) is 0.711. The Labute approximate surface area is 108 Å². The molecule has 1 fully saturated rings. The zero-order valence-electron chi connectivity index (χ0n) is 9.97. The van der Waals surface area contributed by atoms with E-state index >= 15 is 0 Å². The maximum Gasteiger partial charge on any atom is 0.304 e. The molecule has 0 bridgehead atoms. The number of ether oxygens (including phenoxy) is 1. The van der Waals surface area contributed by atoms with Crippen LogP contribution in [0.5, 0.6) is 0 Å². The van der Waals surface area contributed by atoms with Gasteiger partial charge in [0.1, 0.15) is 0 Å². The van der Waals surface area contributed by atoms with Gasteiger partial charge in [0.2, 0.25) is 5.82 Å². The van der Waals surface area contributed by atoms with Gasteiger partial charge >= 0.3 is 5.69 Å². The van der Waals surface area contributed by atoms with Crippen molar-refractivity contribution in [1.82, 2.24) is 10.4 Å². The summed E-state index contributed by atoms with van der Waals surface area (Å²) < 4.78 is 18.5. The monoisotopic (exact) mass is 269 g/mol. The second-order valence-electron chi connectivity index (χ2n) is 3.96. The Morgan fingerprint density at radius 1 is 1.42 bits per heavy atom. The molecule has 1 saturated heterocycles. The molecule has 0 saturated carbocycles. The van der Waals surface area contributed by atoms with Crippen molar-refractivity contribution in [3.63, 3.8) is 0 Å². The molecule has 1 aliphatic rings. The number of nitro groups is 1. The second kappa shape index (κ2) is 5.72. The van der Waals surface area contributed by atoms with E-state index in [1.165, 1.54) is 6.07 Å².